The van der Waals surface area contributed by atoms with E-state index in [0.29, 0.717) is 16.5 Å². The van der Waals surface area contributed by atoms with Gasteiger partial charge in [0.2, 0.25) is 0 Å². The smallest absolute Gasteiger partial charge is 0.133 e. The molecule has 0 saturated carbocycles. The van der Waals surface area contributed by atoms with E-state index in [4.69, 9.17) is 22.6 Å². The van der Waals surface area contributed by atoms with E-state index >= 15 is 0 Å². The van der Waals surface area contributed by atoms with Gasteiger partial charge in [0, 0.05) is 6.04 Å². The van der Waals surface area contributed by atoms with Gasteiger partial charge in [-0.2, -0.15) is 5.26 Å². The summed E-state index contributed by atoms with van der Waals surface area (Å²) in [6, 6.07) is 3.78. The Morgan fingerprint density at radius 1 is 1.67 bits per heavy atom. The van der Waals surface area contributed by atoms with Crippen LogP contribution in [-0.2, 0) is 0 Å². The molecule has 0 aliphatic rings. The molecule has 64 valence electrons. The van der Waals surface area contributed by atoms with E-state index in [1.54, 1.807) is 10.6 Å². The van der Waals surface area contributed by atoms with Gasteiger partial charge in [-0.05, 0) is 19.9 Å². The van der Waals surface area contributed by atoms with Crippen molar-refractivity contribution in [1.29, 1.82) is 5.26 Å². The second kappa shape index (κ2) is 3.08. The molecule has 0 saturated heterocycles. The fourth-order valence-electron chi connectivity index (χ4n) is 1.11. The summed E-state index contributed by atoms with van der Waals surface area (Å²) in [7, 11) is 0. The maximum atomic E-state index is 8.72. The molecule has 12 heavy (non-hydrogen) atoms. The standard InChI is InChI=1S/C8H10ClN3/c1-5(2)12-6(4-10)3-7(11)8(12)9/h3,5H,11H2,1-2H3. The third kappa shape index (κ3) is 1.26. The van der Waals surface area contributed by atoms with Crippen molar-refractivity contribution in [2.75, 3.05) is 5.73 Å². The Labute approximate surface area is 76.3 Å². The summed E-state index contributed by atoms with van der Waals surface area (Å²) in [4.78, 5) is 0. The molecule has 3 nitrogen and oxygen atoms in total. The molecule has 0 unspecified atom stereocenters. The van der Waals surface area contributed by atoms with E-state index in [9.17, 15) is 0 Å². The highest BCUT2D eigenvalue weighted by Crippen LogP contribution is 2.26. The summed E-state index contributed by atoms with van der Waals surface area (Å²) in [6.07, 6.45) is 0. The van der Waals surface area contributed by atoms with E-state index in [0.717, 1.165) is 0 Å². The van der Waals surface area contributed by atoms with Crippen molar-refractivity contribution in [2.45, 2.75) is 19.9 Å². The van der Waals surface area contributed by atoms with Crippen LogP contribution in [0.5, 0.6) is 0 Å². The predicted molar refractivity (Wildman–Crippen MR) is 49.0 cm³/mol. The summed E-state index contributed by atoms with van der Waals surface area (Å²) in [6.45, 7) is 3.90. The lowest BCUT2D eigenvalue weighted by atomic mass is 10.3. The third-order valence-corrected chi connectivity index (χ3v) is 2.03. The van der Waals surface area contributed by atoms with Gasteiger partial charge < -0.3 is 10.3 Å². The van der Waals surface area contributed by atoms with Gasteiger partial charge in [-0.3, -0.25) is 0 Å². The van der Waals surface area contributed by atoms with Crippen molar-refractivity contribution in [1.82, 2.24) is 4.57 Å². The number of hydrogen-bond donors (Lipinski definition) is 1. The second-order valence-electron chi connectivity index (χ2n) is 2.85. The minimum Gasteiger partial charge on any atom is -0.396 e. The lowest BCUT2D eigenvalue weighted by Crippen LogP contribution is -2.03. The van der Waals surface area contributed by atoms with Gasteiger partial charge in [0.1, 0.15) is 16.9 Å². The zero-order chi connectivity index (χ0) is 9.30. The molecule has 0 aromatic carbocycles. The van der Waals surface area contributed by atoms with Gasteiger partial charge in [0.15, 0.2) is 0 Å². The Hall–Kier alpha value is -1.14. The zero-order valence-electron chi connectivity index (χ0n) is 7.00. The summed E-state index contributed by atoms with van der Waals surface area (Å²) in [5.41, 5.74) is 6.52. The summed E-state index contributed by atoms with van der Waals surface area (Å²) < 4.78 is 1.71. The topological polar surface area (TPSA) is 54.7 Å². The molecular formula is C8H10ClN3. The minimum atomic E-state index is 0.157. The minimum absolute atomic E-state index is 0.157. The number of nitriles is 1. The summed E-state index contributed by atoms with van der Waals surface area (Å²) >= 11 is 5.87. The van der Waals surface area contributed by atoms with Crippen LogP contribution in [0.2, 0.25) is 5.15 Å². The number of rotatable bonds is 1. The number of nitrogen functional groups attached to an aromatic ring is 1. The van der Waals surface area contributed by atoms with Gasteiger partial charge in [-0.25, -0.2) is 0 Å². The Morgan fingerprint density at radius 3 is 2.58 bits per heavy atom. The van der Waals surface area contributed by atoms with Crippen molar-refractivity contribution >= 4 is 17.3 Å². The molecule has 1 rings (SSSR count). The maximum Gasteiger partial charge on any atom is 0.133 e. The zero-order valence-corrected chi connectivity index (χ0v) is 7.76. The van der Waals surface area contributed by atoms with Crippen molar-refractivity contribution in [2.24, 2.45) is 0 Å². The molecule has 4 heteroatoms. The average Bonchev–Trinajstić information content (AvgIpc) is 2.28. The first-order valence-corrected chi connectivity index (χ1v) is 4.02. The molecule has 1 aromatic rings. The molecule has 1 heterocycles. The van der Waals surface area contributed by atoms with E-state index in [1.807, 2.05) is 19.9 Å². The van der Waals surface area contributed by atoms with Crippen molar-refractivity contribution < 1.29 is 0 Å². The van der Waals surface area contributed by atoms with E-state index < -0.39 is 0 Å². The van der Waals surface area contributed by atoms with Crippen LogP contribution >= 0.6 is 11.6 Å². The number of nitrogens with two attached hydrogens (primary N) is 1. The Bertz CT molecular complexity index is 333. The van der Waals surface area contributed by atoms with Gasteiger partial charge in [-0.1, -0.05) is 11.6 Å². The van der Waals surface area contributed by atoms with Crippen molar-refractivity contribution in [3.8, 4) is 6.07 Å². The quantitative estimate of drug-likeness (QED) is 0.726. The van der Waals surface area contributed by atoms with E-state index in [-0.39, 0.29) is 6.04 Å². The van der Waals surface area contributed by atoms with Crippen LogP contribution in [0.25, 0.3) is 0 Å². The molecule has 0 aliphatic heterocycles. The Balaban J connectivity index is 3.34. The normalized spacial score (nSPS) is 10.2. The van der Waals surface area contributed by atoms with Crippen molar-refractivity contribution in [3.63, 3.8) is 0 Å². The first-order valence-electron chi connectivity index (χ1n) is 3.64. The van der Waals surface area contributed by atoms with Gasteiger partial charge in [0.05, 0.1) is 5.69 Å². The third-order valence-electron chi connectivity index (χ3n) is 1.63. The SMILES string of the molecule is CC(C)n1c(C#N)cc(N)c1Cl. The van der Waals surface area contributed by atoms with Crippen LogP contribution in [0.4, 0.5) is 5.69 Å². The number of aromatic nitrogens is 1. The van der Waals surface area contributed by atoms with Gasteiger partial charge in [-0.15, -0.1) is 0 Å². The van der Waals surface area contributed by atoms with Crippen LogP contribution < -0.4 is 5.73 Å². The highest BCUT2D eigenvalue weighted by molar-refractivity contribution is 6.32. The fraction of sp³-hybridized carbons (Fsp3) is 0.375. The van der Waals surface area contributed by atoms with Crippen LogP contribution in [0.1, 0.15) is 25.6 Å². The number of anilines is 1. The molecule has 0 atom stereocenters. The van der Waals surface area contributed by atoms with Crippen LogP contribution in [0.3, 0.4) is 0 Å². The fourth-order valence-corrected chi connectivity index (χ4v) is 1.45. The largest absolute Gasteiger partial charge is 0.396 e. The molecule has 0 fully saturated rings. The second-order valence-corrected chi connectivity index (χ2v) is 3.21. The molecule has 0 radical (unpaired) electrons. The van der Waals surface area contributed by atoms with E-state index in [2.05, 4.69) is 0 Å². The van der Waals surface area contributed by atoms with Crippen LogP contribution in [0.15, 0.2) is 6.07 Å². The highest BCUT2D eigenvalue weighted by atomic mass is 35.5. The first-order chi connectivity index (χ1) is 5.57. The van der Waals surface area contributed by atoms with E-state index in [1.165, 1.54) is 0 Å². The van der Waals surface area contributed by atoms with Gasteiger partial charge in [0.25, 0.3) is 0 Å². The number of hydrogen-bond acceptors (Lipinski definition) is 2. The lowest BCUT2D eigenvalue weighted by Gasteiger charge is -2.09. The summed E-state index contributed by atoms with van der Waals surface area (Å²) in [5.74, 6) is 0. The molecule has 0 bridgehead atoms. The average molecular weight is 184 g/mol. The monoisotopic (exact) mass is 183 g/mol. The Morgan fingerprint density at radius 2 is 2.25 bits per heavy atom. The highest BCUT2D eigenvalue weighted by Gasteiger charge is 2.12. The first kappa shape index (κ1) is 8.95. The summed E-state index contributed by atoms with van der Waals surface area (Å²) in [5, 5.41) is 9.17. The van der Waals surface area contributed by atoms with Crippen LogP contribution in [0, 0.1) is 11.3 Å². The molecule has 2 N–H and O–H groups in total. The Kier molecular flexibility index (Phi) is 2.30. The maximum absolute atomic E-state index is 8.72. The van der Waals surface area contributed by atoms with Crippen molar-refractivity contribution in [3.05, 3.63) is 16.9 Å². The lowest BCUT2D eigenvalue weighted by molar-refractivity contribution is 0.599. The molecule has 1 aromatic heterocycles. The molecule has 0 aliphatic carbocycles. The molecule has 0 spiro atoms. The number of halogens is 1. The number of nitrogens with zero attached hydrogens (tertiary/aromatic N) is 2. The molecule has 0 amide bonds. The molecular weight excluding hydrogens is 174 g/mol. The van der Waals surface area contributed by atoms with Gasteiger partial charge >= 0.3 is 0 Å². The predicted octanol–water partition coefficient (Wildman–Crippen LogP) is 2.18. The van der Waals surface area contributed by atoms with Crippen LogP contribution in [-0.4, -0.2) is 4.57 Å².